The molecule has 10 heteroatoms. The average molecular weight is 396 g/mol. The van der Waals surface area contributed by atoms with Gasteiger partial charge in [0.15, 0.2) is 5.13 Å². The van der Waals surface area contributed by atoms with E-state index < -0.39 is 11.9 Å². The monoisotopic (exact) mass is 396 g/mol. The van der Waals surface area contributed by atoms with Crippen molar-refractivity contribution in [2.75, 3.05) is 13.1 Å². The van der Waals surface area contributed by atoms with E-state index in [4.69, 9.17) is 0 Å². The molecule has 1 N–H and O–H groups in total. The number of dihydropyridines is 1. The lowest BCUT2D eigenvalue weighted by atomic mass is 10.0. The second-order valence-electron chi connectivity index (χ2n) is 6.14. The number of fused-ring (bicyclic) bond motifs is 1. The van der Waals surface area contributed by atoms with Gasteiger partial charge in [-0.05, 0) is 25.1 Å². The van der Waals surface area contributed by atoms with Gasteiger partial charge >= 0.3 is 6.03 Å². The van der Waals surface area contributed by atoms with E-state index >= 15 is 0 Å². The molecule has 9 nitrogen and oxygen atoms in total. The zero-order valence-electron chi connectivity index (χ0n) is 14.9. The first-order valence-electron chi connectivity index (χ1n) is 8.58. The number of thiazole rings is 1. The van der Waals surface area contributed by atoms with E-state index in [2.05, 4.69) is 20.3 Å². The Morgan fingerprint density at radius 3 is 2.86 bits per heavy atom. The van der Waals surface area contributed by atoms with Crippen LogP contribution in [0.25, 0.3) is 5.13 Å². The van der Waals surface area contributed by atoms with E-state index in [0.717, 1.165) is 4.90 Å². The number of aliphatic imine (C=N–C) groups is 2. The third-order valence-corrected chi connectivity index (χ3v) is 5.46. The SMILES string of the molecule is Cc1nc(-n2cccc2)sc1C(=O)NCCN1C(=O)N=C2N=CC=CC2C1=O. The van der Waals surface area contributed by atoms with Crippen LogP contribution in [0.2, 0.25) is 0 Å². The summed E-state index contributed by atoms with van der Waals surface area (Å²) in [5, 5.41) is 3.43. The fraction of sp³-hybridized carbons (Fsp3) is 0.222. The van der Waals surface area contributed by atoms with Crippen molar-refractivity contribution in [1.29, 1.82) is 0 Å². The van der Waals surface area contributed by atoms with Gasteiger partial charge in [0, 0.05) is 31.7 Å². The molecule has 0 radical (unpaired) electrons. The number of nitrogens with zero attached hydrogens (tertiary/aromatic N) is 5. The molecule has 0 fully saturated rings. The molecule has 2 aromatic heterocycles. The Balaban J connectivity index is 1.39. The number of aryl methyl sites for hydroxylation is 1. The van der Waals surface area contributed by atoms with Crippen LogP contribution in [0.15, 0.2) is 46.7 Å². The van der Waals surface area contributed by atoms with Crippen LogP contribution in [-0.2, 0) is 4.79 Å². The zero-order chi connectivity index (χ0) is 19.7. The molecule has 0 saturated carbocycles. The Morgan fingerprint density at radius 1 is 1.29 bits per heavy atom. The molecule has 4 rings (SSSR count). The fourth-order valence-corrected chi connectivity index (χ4v) is 3.84. The Hall–Kier alpha value is -3.40. The highest BCUT2D eigenvalue weighted by Gasteiger charge is 2.36. The molecule has 1 atom stereocenters. The van der Waals surface area contributed by atoms with Gasteiger partial charge in [0.2, 0.25) is 5.91 Å². The molecule has 4 amide bonds. The minimum absolute atomic E-state index is 0.0382. The Kier molecular flexibility index (Phi) is 4.70. The van der Waals surface area contributed by atoms with Gasteiger partial charge in [-0.2, -0.15) is 4.99 Å². The van der Waals surface area contributed by atoms with Crippen molar-refractivity contribution in [3.63, 3.8) is 0 Å². The largest absolute Gasteiger partial charge is 0.352 e. The highest BCUT2D eigenvalue weighted by molar-refractivity contribution is 7.16. The summed E-state index contributed by atoms with van der Waals surface area (Å²) < 4.78 is 1.83. The van der Waals surface area contributed by atoms with Crippen LogP contribution in [0.1, 0.15) is 15.4 Å². The quantitative estimate of drug-likeness (QED) is 0.828. The number of imide groups is 1. The van der Waals surface area contributed by atoms with Crippen molar-refractivity contribution in [2.45, 2.75) is 6.92 Å². The maximum atomic E-state index is 12.5. The van der Waals surface area contributed by atoms with Gasteiger partial charge in [0.1, 0.15) is 16.6 Å². The minimum Gasteiger partial charge on any atom is -0.349 e. The summed E-state index contributed by atoms with van der Waals surface area (Å²) in [6.45, 7) is 1.93. The van der Waals surface area contributed by atoms with Crippen molar-refractivity contribution in [3.8, 4) is 5.13 Å². The normalized spacial score (nSPS) is 18.2. The van der Waals surface area contributed by atoms with E-state index in [1.807, 2.05) is 29.1 Å². The van der Waals surface area contributed by atoms with E-state index in [9.17, 15) is 14.4 Å². The first kappa shape index (κ1) is 18.0. The molecule has 4 heterocycles. The molecule has 2 aliphatic heterocycles. The first-order chi connectivity index (χ1) is 13.5. The van der Waals surface area contributed by atoms with Crippen LogP contribution in [0.3, 0.4) is 0 Å². The van der Waals surface area contributed by atoms with E-state index in [-0.39, 0.29) is 30.7 Å². The number of amides is 4. The number of urea groups is 1. The summed E-state index contributed by atoms with van der Waals surface area (Å²) >= 11 is 1.27. The third kappa shape index (κ3) is 3.29. The number of rotatable bonds is 5. The topological polar surface area (TPSA) is 109 Å². The summed E-state index contributed by atoms with van der Waals surface area (Å²) in [5.74, 6) is -1.13. The van der Waals surface area contributed by atoms with Crippen LogP contribution >= 0.6 is 11.3 Å². The summed E-state index contributed by atoms with van der Waals surface area (Å²) in [5.41, 5.74) is 0.621. The Labute approximate surface area is 164 Å². The highest BCUT2D eigenvalue weighted by Crippen LogP contribution is 2.22. The maximum Gasteiger partial charge on any atom is 0.352 e. The Morgan fingerprint density at radius 2 is 2.07 bits per heavy atom. The minimum atomic E-state index is -0.665. The summed E-state index contributed by atoms with van der Waals surface area (Å²) in [4.78, 5) is 50.8. The second-order valence-corrected chi connectivity index (χ2v) is 7.12. The molecule has 0 bridgehead atoms. The van der Waals surface area contributed by atoms with Crippen molar-refractivity contribution < 1.29 is 14.4 Å². The number of nitrogens with one attached hydrogen (secondary N) is 1. The van der Waals surface area contributed by atoms with Gasteiger partial charge in [-0.15, -0.1) is 0 Å². The lowest BCUT2D eigenvalue weighted by Gasteiger charge is -2.27. The van der Waals surface area contributed by atoms with E-state index in [1.165, 1.54) is 17.6 Å². The number of carbonyl (C=O) groups excluding carboxylic acids is 3. The van der Waals surface area contributed by atoms with Gasteiger partial charge in [-0.25, -0.2) is 14.8 Å². The van der Waals surface area contributed by atoms with Crippen molar-refractivity contribution in [3.05, 3.63) is 47.2 Å². The van der Waals surface area contributed by atoms with E-state index in [1.54, 1.807) is 19.1 Å². The van der Waals surface area contributed by atoms with Crippen LogP contribution in [0.5, 0.6) is 0 Å². The highest BCUT2D eigenvalue weighted by atomic mass is 32.1. The van der Waals surface area contributed by atoms with Crippen molar-refractivity contribution >= 4 is 41.2 Å². The van der Waals surface area contributed by atoms with Crippen LogP contribution in [-0.4, -0.2) is 57.4 Å². The number of hydrogen-bond donors (Lipinski definition) is 1. The predicted molar refractivity (Wildman–Crippen MR) is 104 cm³/mol. The maximum absolute atomic E-state index is 12.5. The summed E-state index contributed by atoms with van der Waals surface area (Å²) in [6, 6.07) is 3.09. The number of hydrogen-bond acceptors (Lipinski definition) is 6. The molecule has 1 unspecified atom stereocenters. The van der Waals surface area contributed by atoms with Crippen molar-refractivity contribution in [2.24, 2.45) is 15.9 Å². The van der Waals surface area contributed by atoms with Gasteiger partial charge in [0.25, 0.3) is 5.91 Å². The smallest absolute Gasteiger partial charge is 0.349 e. The molecule has 142 valence electrons. The fourth-order valence-electron chi connectivity index (χ4n) is 2.89. The lowest BCUT2D eigenvalue weighted by Crippen LogP contribution is -2.48. The molecule has 28 heavy (non-hydrogen) atoms. The zero-order valence-corrected chi connectivity index (χ0v) is 15.7. The molecule has 0 aromatic carbocycles. The Bertz CT molecular complexity index is 1030. The van der Waals surface area contributed by atoms with Crippen molar-refractivity contribution in [1.82, 2.24) is 19.8 Å². The van der Waals surface area contributed by atoms with Crippen LogP contribution in [0, 0.1) is 12.8 Å². The molecular weight excluding hydrogens is 380 g/mol. The number of aromatic nitrogens is 2. The van der Waals surface area contributed by atoms with Crippen LogP contribution < -0.4 is 5.32 Å². The standard InChI is InChI=1S/C18H16N6O3S/c1-11-13(28-18(21-11)23-8-2-3-9-23)15(25)20-7-10-24-16(26)12-5-4-6-19-14(12)22-17(24)27/h2-6,8-9,12H,7,10H2,1H3,(H,20,25). The van der Waals surface area contributed by atoms with Crippen LogP contribution in [0.4, 0.5) is 4.79 Å². The summed E-state index contributed by atoms with van der Waals surface area (Å²) in [6.07, 6.45) is 8.49. The van der Waals surface area contributed by atoms with E-state index in [0.29, 0.717) is 15.7 Å². The summed E-state index contributed by atoms with van der Waals surface area (Å²) in [7, 11) is 0. The molecule has 2 aromatic rings. The molecule has 0 aliphatic carbocycles. The molecular formula is C18H16N6O3S. The molecule has 0 saturated heterocycles. The average Bonchev–Trinajstić information content (AvgIpc) is 3.34. The second kappa shape index (κ2) is 7.31. The molecule has 2 aliphatic rings. The third-order valence-electron chi connectivity index (χ3n) is 4.29. The number of allylic oxidation sites excluding steroid dienone is 1. The number of carbonyl (C=O) groups is 3. The predicted octanol–water partition coefficient (Wildman–Crippen LogP) is 1.59. The molecule has 0 spiro atoms. The lowest BCUT2D eigenvalue weighted by molar-refractivity contribution is -0.129. The first-order valence-corrected chi connectivity index (χ1v) is 9.40. The number of amidine groups is 1. The van der Waals surface area contributed by atoms with Gasteiger partial charge in [-0.1, -0.05) is 17.4 Å². The van der Waals surface area contributed by atoms with Gasteiger partial charge in [-0.3, -0.25) is 14.5 Å². The van der Waals surface area contributed by atoms with Gasteiger partial charge in [0.05, 0.1) is 5.69 Å². The van der Waals surface area contributed by atoms with Gasteiger partial charge < -0.3 is 9.88 Å².